The summed E-state index contributed by atoms with van der Waals surface area (Å²) in [6, 6.07) is 10.6. The van der Waals surface area contributed by atoms with Crippen LogP contribution in [0.15, 0.2) is 41.0 Å². The number of hydrogen-bond acceptors (Lipinski definition) is 4. The number of benzene rings is 1. The number of nitrogens with one attached hydrogen (secondary N) is 1. The van der Waals surface area contributed by atoms with E-state index in [4.69, 9.17) is 4.42 Å². The highest BCUT2D eigenvalue weighted by Crippen LogP contribution is 2.33. The fourth-order valence-corrected chi connectivity index (χ4v) is 4.56. The quantitative estimate of drug-likeness (QED) is 0.819. The van der Waals surface area contributed by atoms with Gasteiger partial charge in [0.25, 0.3) is 5.91 Å². The Morgan fingerprint density at radius 3 is 2.63 bits per heavy atom. The molecular formula is C24H31N3O3. The zero-order chi connectivity index (χ0) is 21.3. The Morgan fingerprint density at radius 1 is 1.17 bits per heavy atom. The number of fused-ring (bicyclic) bond motifs is 1. The van der Waals surface area contributed by atoms with Gasteiger partial charge in [-0.1, -0.05) is 32.0 Å². The molecule has 1 atom stereocenters. The Morgan fingerprint density at radius 2 is 1.90 bits per heavy atom. The van der Waals surface area contributed by atoms with E-state index >= 15 is 0 Å². The first-order chi connectivity index (χ1) is 14.4. The summed E-state index contributed by atoms with van der Waals surface area (Å²) in [5, 5.41) is 3.15. The first kappa shape index (κ1) is 20.5. The summed E-state index contributed by atoms with van der Waals surface area (Å²) in [7, 11) is 0. The number of piperidine rings is 1. The number of anilines is 1. The van der Waals surface area contributed by atoms with Gasteiger partial charge in [-0.05, 0) is 43.9 Å². The van der Waals surface area contributed by atoms with Crippen LogP contribution in [0.25, 0.3) is 0 Å². The smallest absolute Gasteiger partial charge is 0.255 e. The average Bonchev–Trinajstić information content (AvgIpc) is 3.33. The van der Waals surface area contributed by atoms with Gasteiger partial charge >= 0.3 is 0 Å². The number of rotatable bonds is 5. The number of hydrogen-bond donors (Lipinski definition) is 1. The topological polar surface area (TPSA) is 65.8 Å². The molecule has 1 aromatic heterocycles. The Kier molecular flexibility index (Phi) is 5.84. The molecule has 6 nitrogen and oxygen atoms in total. The van der Waals surface area contributed by atoms with Crippen LogP contribution in [0.4, 0.5) is 5.69 Å². The molecule has 2 aliphatic rings. The van der Waals surface area contributed by atoms with Crippen LogP contribution < -0.4 is 10.2 Å². The van der Waals surface area contributed by atoms with E-state index in [9.17, 15) is 9.59 Å². The van der Waals surface area contributed by atoms with Gasteiger partial charge in [0.05, 0.1) is 18.4 Å². The average molecular weight is 410 g/mol. The third-order valence-electron chi connectivity index (χ3n) is 6.29. The number of carbonyl (C=O) groups is 2. The summed E-state index contributed by atoms with van der Waals surface area (Å²) in [5.41, 5.74) is 3.16. The van der Waals surface area contributed by atoms with Crippen molar-refractivity contribution in [1.29, 1.82) is 0 Å². The maximum atomic E-state index is 12.9. The molecule has 1 N–H and O–H groups in total. The molecule has 1 saturated heterocycles. The van der Waals surface area contributed by atoms with E-state index < -0.39 is 0 Å². The van der Waals surface area contributed by atoms with Crippen molar-refractivity contribution in [2.45, 2.75) is 58.7 Å². The second-order valence-electron chi connectivity index (χ2n) is 8.79. The summed E-state index contributed by atoms with van der Waals surface area (Å²) in [5.74, 6) is 0.815. The van der Waals surface area contributed by atoms with Crippen molar-refractivity contribution in [3.8, 4) is 0 Å². The van der Waals surface area contributed by atoms with Crippen molar-refractivity contribution in [3.05, 3.63) is 53.5 Å². The molecule has 0 bridgehead atoms. The fraction of sp³-hybridized carbons (Fsp3) is 0.500. The molecule has 0 radical (unpaired) electrons. The Labute approximate surface area is 178 Å². The van der Waals surface area contributed by atoms with Crippen LogP contribution in [0.2, 0.25) is 0 Å². The van der Waals surface area contributed by atoms with E-state index in [-0.39, 0.29) is 23.8 Å². The second-order valence-corrected chi connectivity index (χ2v) is 8.79. The summed E-state index contributed by atoms with van der Waals surface area (Å²) in [6.45, 7) is 8.03. The zero-order valence-electron chi connectivity index (χ0n) is 18.1. The maximum absolute atomic E-state index is 12.9. The van der Waals surface area contributed by atoms with E-state index in [0.29, 0.717) is 37.0 Å². The maximum Gasteiger partial charge on any atom is 0.255 e. The number of para-hydroxylation sites is 1. The number of likely N-dealkylation sites (tertiary alicyclic amines) is 1. The summed E-state index contributed by atoms with van der Waals surface area (Å²) in [4.78, 5) is 29.3. The molecule has 1 fully saturated rings. The third kappa shape index (κ3) is 4.09. The molecule has 160 valence electrons. The van der Waals surface area contributed by atoms with Crippen LogP contribution in [0, 0.1) is 5.92 Å². The van der Waals surface area contributed by atoms with Gasteiger partial charge in [-0.2, -0.15) is 0 Å². The number of carbonyl (C=O) groups excluding carboxylic acids is 2. The van der Waals surface area contributed by atoms with E-state index in [1.807, 2.05) is 18.7 Å². The minimum atomic E-state index is -0.0903. The van der Waals surface area contributed by atoms with Crippen molar-refractivity contribution in [2.24, 2.45) is 5.92 Å². The van der Waals surface area contributed by atoms with Gasteiger partial charge in [0.1, 0.15) is 5.76 Å². The highest BCUT2D eigenvalue weighted by Gasteiger charge is 2.29. The van der Waals surface area contributed by atoms with Crippen molar-refractivity contribution in [3.63, 3.8) is 0 Å². The van der Waals surface area contributed by atoms with E-state index in [1.165, 1.54) is 11.3 Å². The van der Waals surface area contributed by atoms with Crippen LogP contribution >= 0.6 is 0 Å². The van der Waals surface area contributed by atoms with Crippen LogP contribution in [-0.2, 0) is 17.8 Å². The second kappa shape index (κ2) is 8.54. The molecule has 0 spiro atoms. The van der Waals surface area contributed by atoms with Gasteiger partial charge in [0.15, 0.2) is 0 Å². The standard InChI is InChI=1S/C24H31N3O3/c1-16(2)24(29)26-11-8-19(9-12-26)25-23(28)20-10-13-30-22(20)15-27-17(3)14-18-6-4-5-7-21(18)27/h4-7,10,13,16-17,19H,8-9,11-12,14-15H2,1-3H3,(H,25,28). The Balaban J connectivity index is 1.38. The predicted octanol–water partition coefficient (Wildman–Crippen LogP) is 3.61. The molecule has 4 rings (SSSR count). The fourth-order valence-electron chi connectivity index (χ4n) is 4.56. The number of nitrogens with zero attached hydrogens (tertiary/aromatic N) is 2. The van der Waals surface area contributed by atoms with Gasteiger partial charge in [-0.3, -0.25) is 9.59 Å². The van der Waals surface area contributed by atoms with Gasteiger partial charge in [0, 0.05) is 36.8 Å². The summed E-state index contributed by atoms with van der Waals surface area (Å²) >= 11 is 0. The van der Waals surface area contributed by atoms with Crippen LogP contribution in [0.1, 0.15) is 55.3 Å². The lowest BCUT2D eigenvalue weighted by Crippen LogP contribution is -2.47. The van der Waals surface area contributed by atoms with Crippen molar-refractivity contribution < 1.29 is 14.0 Å². The minimum absolute atomic E-state index is 0.0164. The number of furan rings is 1. The van der Waals surface area contributed by atoms with Crippen LogP contribution in [-0.4, -0.2) is 41.9 Å². The minimum Gasteiger partial charge on any atom is -0.467 e. The molecule has 2 amide bonds. The van der Waals surface area contributed by atoms with Crippen molar-refractivity contribution in [2.75, 3.05) is 18.0 Å². The largest absolute Gasteiger partial charge is 0.467 e. The third-order valence-corrected chi connectivity index (χ3v) is 6.29. The molecular weight excluding hydrogens is 378 g/mol. The first-order valence-corrected chi connectivity index (χ1v) is 10.9. The Bertz CT molecular complexity index is 912. The zero-order valence-corrected chi connectivity index (χ0v) is 18.1. The lowest BCUT2D eigenvalue weighted by Gasteiger charge is -2.33. The first-order valence-electron chi connectivity index (χ1n) is 10.9. The lowest BCUT2D eigenvalue weighted by atomic mass is 10.0. The van der Waals surface area contributed by atoms with Crippen LogP contribution in [0.5, 0.6) is 0 Å². The van der Waals surface area contributed by atoms with Gasteiger partial charge in [-0.15, -0.1) is 0 Å². The SMILES string of the molecule is CC(C)C(=O)N1CCC(NC(=O)c2ccoc2CN2c3ccccc3CC2C)CC1. The van der Waals surface area contributed by atoms with E-state index in [1.54, 1.807) is 12.3 Å². The molecule has 1 aromatic carbocycles. The molecule has 2 aliphatic heterocycles. The van der Waals surface area contributed by atoms with E-state index in [2.05, 4.69) is 41.4 Å². The van der Waals surface area contributed by atoms with Gasteiger partial charge in [0.2, 0.25) is 5.91 Å². The highest BCUT2D eigenvalue weighted by molar-refractivity contribution is 5.95. The summed E-state index contributed by atoms with van der Waals surface area (Å²) in [6.07, 6.45) is 4.18. The van der Waals surface area contributed by atoms with E-state index in [0.717, 1.165) is 19.3 Å². The van der Waals surface area contributed by atoms with Crippen molar-refractivity contribution >= 4 is 17.5 Å². The van der Waals surface area contributed by atoms with Gasteiger partial charge < -0.3 is 19.5 Å². The molecule has 1 unspecified atom stereocenters. The molecule has 2 aromatic rings. The summed E-state index contributed by atoms with van der Waals surface area (Å²) < 4.78 is 5.72. The predicted molar refractivity (Wildman–Crippen MR) is 116 cm³/mol. The monoisotopic (exact) mass is 409 g/mol. The lowest BCUT2D eigenvalue weighted by molar-refractivity contribution is -0.135. The molecule has 0 aliphatic carbocycles. The molecule has 6 heteroatoms. The molecule has 0 saturated carbocycles. The highest BCUT2D eigenvalue weighted by atomic mass is 16.3. The number of amides is 2. The van der Waals surface area contributed by atoms with Crippen molar-refractivity contribution in [1.82, 2.24) is 10.2 Å². The normalized spacial score (nSPS) is 19.3. The Hall–Kier alpha value is -2.76. The van der Waals surface area contributed by atoms with Gasteiger partial charge in [-0.25, -0.2) is 0 Å². The molecule has 30 heavy (non-hydrogen) atoms. The molecule has 3 heterocycles. The van der Waals surface area contributed by atoms with Crippen LogP contribution in [0.3, 0.4) is 0 Å².